The predicted octanol–water partition coefficient (Wildman–Crippen LogP) is 1.68. The number of hydrogen-bond donors (Lipinski definition) is 3. The maximum absolute atomic E-state index is 12.0. The first-order valence-electron chi connectivity index (χ1n) is 7.85. The molecule has 23 heavy (non-hydrogen) atoms. The van der Waals surface area contributed by atoms with Crippen LogP contribution in [0.2, 0.25) is 0 Å². The zero-order valence-corrected chi connectivity index (χ0v) is 13.1. The third kappa shape index (κ3) is 5.12. The highest BCUT2D eigenvalue weighted by Gasteiger charge is 2.24. The van der Waals surface area contributed by atoms with Gasteiger partial charge in [0.1, 0.15) is 5.76 Å². The minimum atomic E-state index is -1.15. The molecule has 0 spiro atoms. The van der Waals surface area contributed by atoms with Gasteiger partial charge in [0.05, 0.1) is 6.54 Å². The maximum Gasteiger partial charge on any atom is 0.371 e. The molecule has 2 amide bonds. The predicted molar refractivity (Wildman–Crippen MR) is 81.7 cm³/mol. The zero-order valence-electron chi connectivity index (χ0n) is 13.1. The quantitative estimate of drug-likeness (QED) is 0.707. The summed E-state index contributed by atoms with van der Waals surface area (Å²) in [6.07, 6.45) is 4.21. The van der Waals surface area contributed by atoms with Gasteiger partial charge >= 0.3 is 5.97 Å². The molecule has 1 fully saturated rings. The van der Waals surface area contributed by atoms with Crippen molar-refractivity contribution in [3.63, 3.8) is 0 Å². The first kappa shape index (κ1) is 17.1. The van der Waals surface area contributed by atoms with E-state index >= 15 is 0 Å². The van der Waals surface area contributed by atoms with E-state index in [4.69, 9.17) is 9.52 Å². The van der Waals surface area contributed by atoms with Crippen molar-refractivity contribution < 1.29 is 23.9 Å². The molecule has 2 rings (SSSR count). The van der Waals surface area contributed by atoms with Gasteiger partial charge in [-0.25, -0.2) is 4.79 Å². The lowest BCUT2D eigenvalue weighted by atomic mass is 10.1. The summed E-state index contributed by atoms with van der Waals surface area (Å²) in [5, 5.41) is 14.3. The zero-order chi connectivity index (χ0) is 16.8. The van der Waals surface area contributed by atoms with Crippen LogP contribution in [0.1, 0.15) is 55.3 Å². The molecule has 0 bridgehead atoms. The van der Waals surface area contributed by atoms with Gasteiger partial charge in [-0.2, -0.15) is 0 Å². The molecule has 1 aliphatic carbocycles. The van der Waals surface area contributed by atoms with E-state index in [0.29, 0.717) is 5.76 Å². The van der Waals surface area contributed by atoms with E-state index < -0.39 is 5.97 Å². The largest absolute Gasteiger partial charge is 0.475 e. The average molecular weight is 322 g/mol. The molecule has 3 N–H and O–H groups in total. The summed E-state index contributed by atoms with van der Waals surface area (Å²) >= 11 is 0. The minimum Gasteiger partial charge on any atom is -0.475 e. The SMILES string of the molecule is CC(CC(=O)NCc1ccc(C(=O)O)o1)NC(=O)C1CCCC1. The lowest BCUT2D eigenvalue weighted by molar-refractivity contribution is -0.126. The Bertz CT molecular complexity index is 575. The molecule has 7 nitrogen and oxygen atoms in total. The van der Waals surface area contributed by atoms with Crippen LogP contribution < -0.4 is 10.6 Å². The summed E-state index contributed by atoms with van der Waals surface area (Å²) in [5.41, 5.74) is 0. The second kappa shape index (κ2) is 7.80. The molecule has 0 radical (unpaired) electrons. The van der Waals surface area contributed by atoms with Gasteiger partial charge in [0.25, 0.3) is 0 Å². The summed E-state index contributed by atoms with van der Waals surface area (Å²) in [4.78, 5) is 34.5. The van der Waals surface area contributed by atoms with Gasteiger partial charge in [0, 0.05) is 18.4 Å². The van der Waals surface area contributed by atoms with E-state index in [1.165, 1.54) is 12.1 Å². The van der Waals surface area contributed by atoms with Crippen molar-refractivity contribution in [1.82, 2.24) is 10.6 Å². The number of hydrogen-bond acceptors (Lipinski definition) is 4. The number of rotatable bonds is 7. The van der Waals surface area contributed by atoms with Crippen molar-refractivity contribution in [2.75, 3.05) is 0 Å². The highest BCUT2D eigenvalue weighted by molar-refractivity contribution is 5.84. The first-order valence-corrected chi connectivity index (χ1v) is 7.85. The van der Waals surface area contributed by atoms with Crippen LogP contribution in [0, 0.1) is 5.92 Å². The summed E-state index contributed by atoms with van der Waals surface area (Å²) in [7, 11) is 0. The first-order chi connectivity index (χ1) is 11.0. The Morgan fingerprint density at radius 1 is 1.30 bits per heavy atom. The number of carboxylic acids is 1. The number of carboxylic acid groups (broad SMARTS) is 1. The fourth-order valence-corrected chi connectivity index (χ4v) is 2.72. The summed E-state index contributed by atoms with van der Waals surface area (Å²) in [6, 6.07) is 2.61. The van der Waals surface area contributed by atoms with Crippen LogP contribution in [0.3, 0.4) is 0 Å². The molecule has 7 heteroatoms. The third-order valence-electron chi connectivity index (χ3n) is 3.94. The van der Waals surface area contributed by atoms with Crippen molar-refractivity contribution in [3.8, 4) is 0 Å². The van der Waals surface area contributed by atoms with Crippen molar-refractivity contribution in [2.24, 2.45) is 5.92 Å². The molecular weight excluding hydrogens is 300 g/mol. The van der Waals surface area contributed by atoms with Gasteiger partial charge in [-0.1, -0.05) is 12.8 Å². The van der Waals surface area contributed by atoms with E-state index in [-0.39, 0.29) is 42.5 Å². The number of carbonyl (C=O) groups is 3. The standard InChI is InChI=1S/C16H22N2O5/c1-10(18-15(20)11-4-2-3-5-11)8-14(19)17-9-12-6-7-13(23-12)16(21)22/h6-7,10-11H,2-5,8-9H2,1H3,(H,17,19)(H,18,20)(H,21,22). The van der Waals surface area contributed by atoms with Gasteiger partial charge in [0.2, 0.25) is 17.6 Å². The van der Waals surface area contributed by atoms with Crippen LogP contribution in [0.4, 0.5) is 0 Å². The van der Waals surface area contributed by atoms with E-state index in [2.05, 4.69) is 10.6 Å². The van der Waals surface area contributed by atoms with Crippen LogP contribution in [0.15, 0.2) is 16.5 Å². The van der Waals surface area contributed by atoms with Gasteiger partial charge in [-0.3, -0.25) is 9.59 Å². The molecule has 0 saturated heterocycles. The van der Waals surface area contributed by atoms with Crippen molar-refractivity contribution in [2.45, 2.75) is 51.6 Å². The Morgan fingerprint density at radius 3 is 2.61 bits per heavy atom. The summed E-state index contributed by atoms with van der Waals surface area (Å²) in [6.45, 7) is 1.91. The minimum absolute atomic E-state index is 0.0277. The highest BCUT2D eigenvalue weighted by atomic mass is 16.4. The van der Waals surface area contributed by atoms with E-state index in [1.807, 2.05) is 0 Å². The lowest BCUT2D eigenvalue weighted by Gasteiger charge is -2.16. The Labute approximate surface area is 134 Å². The van der Waals surface area contributed by atoms with Crippen molar-refractivity contribution >= 4 is 17.8 Å². The molecule has 0 aliphatic heterocycles. The lowest BCUT2D eigenvalue weighted by Crippen LogP contribution is -2.39. The Kier molecular flexibility index (Phi) is 5.78. The second-order valence-electron chi connectivity index (χ2n) is 5.94. The molecule has 0 aromatic carbocycles. The van der Waals surface area contributed by atoms with Gasteiger partial charge in [-0.05, 0) is 31.9 Å². The number of furan rings is 1. The molecule has 1 atom stereocenters. The smallest absolute Gasteiger partial charge is 0.371 e. The van der Waals surface area contributed by atoms with Gasteiger partial charge in [0.15, 0.2) is 0 Å². The number of carbonyl (C=O) groups excluding carboxylic acids is 2. The van der Waals surface area contributed by atoms with E-state index in [9.17, 15) is 14.4 Å². The van der Waals surface area contributed by atoms with Crippen molar-refractivity contribution in [1.29, 1.82) is 0 Å². The van der Waals surface area contributed by atoms with E-state index in [1.54, 1.807) is 6.92 Å². The maximum atomic E-state index is 12.0. The monoisotopic (exact) mass is 322 g/mol. The molecular formula is C16H22N2O5. The van der Waals surface area contributed by atoms with Crippen LogP contribution in [-0.2, 0) is 16.1 Å². The van der Waals surface area contributed by atoms with Gasteiger partial charge in [-0.15, -0.1) is 0 Å². The van der Waals surface area contributed by atoms with Gasteiger partial charge < -0.3 is 20.2 Å². The molecule has 1 aliphatic rings. The third-order valence-corrected chi connectivity index (χ3v) is 3.94. The molecule has 126 valence electrons. The van der Waals surface area contributed by atoms with Crippen LogP contribution >= 0.6 is 0 Å². The Morgan fingerprint density at radius 2 is 2.00 bits per heavy atom. The summed E-state index contributed by atoms with van der Waals surface area (Å²) in [5.74, 6) is -1.05. The normalized spacial score (nSPS) is 16.0. The van der Waals surface area contributed by atoms with Crippen molar-refractivity contribution in [3.05, 3.63) is 23.7 Å². The molecule has 1 aromatic heterocycles. The fourth-order valence-electron chi connectivity index (χ4n) is 2.72. The van der Waals surface area contributed by atoms with Crippen LogP contribution in [0.25, 0.3) is 0 Å². The Hall–Kier alpha value is -2.31. The van der Waals surface area contributed by atoms with Crippen LogP contribution in [0.5, 0.6) is 0 Å². The number of amides is 2. The summed E-state index contributed by atoms with van der Waals surface area (Å²) < 4.78 is 5.05. The molecule has 1 unspecified atom stereocenters. The average Bonchev–Trinajstić information content (AvgIpc) is 3.16. The number of nitrogens with one attached hydrogen (secondary N) is 2. The molecule has 1 saturated carbocycles. The second-order valence-corrected chi connectivity index (χ2v) is 5.94. The van der Waals surface area contributed by atoms with Crippen LogP contribution in [-0.4, -0.2) is 28.9 Å². The highest BCUT2D eigenvalue weighted by Crippen LogP contribution is 2.24. The topological polar surface area (TPSA) is 109 Å². The molecule has 1 aromatic rings. The number of aromatic carboxylic acids is 1. The van der Waals surface area contributed by atoms with E-state index in [0.717, 1.165) is 25.7 Å². The molecule has 1 heterocycles. The fraction of sp³-hybridized carbons (Fsp3) is 0.562. The Balaban J connectivity index is 1.70.